The average molecular weight is 313 g/mol. The van der Waals surface area contributed by atoms with Gasteiger partial charge in [-0.05, 0) is 17.5 Å². The third-order valence-electron chi connectivity index (χ3n) is 3.99. The second kappa shape index (κ2) is 5.94. The standard InChI is InChI=1S/C19H28Si2/c1-20(2,3)18-11-7-9-16(14-18)13-17-10-8-12-19(15-17)21(4,5)6/h7-12,14-15H,13H2,1-6H3. The van der Waals surface area contributed by atoms with Gasteiger partial charge < -0.3 is 0 Å². The van der Waals surface area contributed by atoms with E-state index in [2.05, 4.69) is 87.8 Å². The molecule has 0 aliphatic carbocycles. The molecule has 0 fully saturated rings. The molecule has 2 aromatic rings. The van der Waals surface area contributed by atoms with E-state index in [0.29, 0.717) is 0 Å². The molecule has 0 nitrogen and oxygen atoms in total. The summed E-state index contributed by atoms with van der Waals surface area (Å²) in [5.41, 5.74) is 2.89. The van der Waals surface area contributed by atoms with Crippen LogP contribution in [0.1, 0.15) is 11.1 Å². The van der Waals surface area contributed by atoms with E-state index in [4.69, 9.17) is 0 Å². The van der Waals surface area contributed by atoms with Crippen molar-refractivity contribution >= 4 is 26.5 Å². The summed E-state index contributed by atoms with van der Waals surface area (Å²) in [5, 5.41) is 3.11. The van der Waals surface area contributed by atoms with Gasteiger partial charge in [-0.25, -0.2) is 0 Å². The maximum atomic E-state index is 2.42. The molecule has 0 unspecified atom stereocenters. The van der Waals surface area contributed by atoms with Crippen molar-refractivity contribution in [1.29, 1.82) is 0 Å². The van der Waals surface area contributed by atoms with Crippen LogP contribution in [0.2, 0.25) is 39.3 Å². The van der Waals surface area contributed by atoms with E-state index in [1.165, 1.54) is 11.1 Å². The second-order valence-electron chi connectivity index (χ2n) is 8.08. The Morgan fingerprint density at radius 1 is 0.619 bits per heavy atom. The maximum absolute atomic E-state index is 2.42. The van der Waals surface area contributed by atoms with Gasteiger partial charge >= 0.3 is 0 Å². The molecular weight excluding hydrogens is 284 g/mol. The first-order valence-corrected chi connectivity index (χ1v) is 14.8. The third-order valence-corrected chi connectivity index (χ3v) is 8.08. The van der Waals surface area contributed by atoms with E-state index in [1.54, 1.807) is 10.4 Å². The average Bonchev–Trinajstić information content (AvgIpc) is 2.37. The summed E-state index contributed by atoms with van der Waals surface area (Å²) in [5.74, 6) is 0. The van der Waals surface area contributed by atoms with Crippen LogP contribution in [-0.4, -0.2) is 16.1 Å². The highest BCUT2D eigenvalue weighted by Gasteiger charge is 2.17. The smallest absolute Gasteiger partial charge is 0.0656 e. The van der Waals surface area contributed by atoms with E-state index >= 15 is 0 Å². The van der Waals surface area contributed by atoms with Gasteiger partial charge in [-0.15, -0.1) is 0 Å². The molecular formula is C19H28Si2. The lowest BCUT2D eigenvalue weighted by Crippen LogP contribution is -2.38. The van der Waals surface area contributed by atoms with Gasteiger partial charge in [0.2, 0.25) is 0 Å². The molecule has 0 amide bonds. The van der Waals surface area contributed by atoms with Crippen molar-refractivity contribution in [3.05, 3.63) is 59.7 Å². The fraction of sp³-hybridized carbons (Fsp3) is 0.368. The molecule has 0 atom stereocenters. The van der Waals surface area contributed by atoms with Crippen LogP contribution in [0, 0.1) is 0 Å². The summed E-state index contributed by atoms with van der Waals surface area (Å²) < 4.78 is 0. The lowest BCUT2D eigenvalue weighted by molar-refractivity contribution is 1.20. The van der Waals surface area contributed by atoms with E-state index in [-0.39, 0.29) is 0 Å². The minimum atomic E-state index is -1.22. The van der Waals surface area contributed by atoms with Crippen LogP contribution < -0.4 is 10.4 Å². The van der Waals surface area contributed by atoms with Crippen LogP contribution in [0.3, 0.4) is 0 Å². The molecule has 0 spiro atoms. The van der Waals surface area contributed by atoms with Crippen LogP contribution in [0.25, 0.3) is 0 Å². The maximum Gasteiger partial charge on any atom is 0.0776 e. The summed E-state index contributed by atoms with van der Waals surface area (Å²) in [7, 11) is -2.43. The van der Waals surface area contributed by atoms with Gasteiger partial charge in [-0.3, -0.25) is 0 Å². The number of rotatable bonds is 4. The van der Waals surface area contributed by atoms with Gasteiger partial charge in [0, 0.05) is 0 Å². The van der Waals surface area contributed by atoms with Crippen molar-refractivity contribution < 1.29 is 0 Å². The Morgan fingerprint density at radius 2 is 1.00 bits per heavy atom. The predicted octanol–water partition coefficient (Wildman–Crippen LogP) is 4.37. The van der Waals surface area contributed by atoms with Gasteiger partial charge in [0.1, 0.15) is 0 Å². The highest BCUT2D eigenvalue weighted by Crippen LogP contribution is 2.12. The molecule has 0 N–H and O–H groups in total. The monoisotopic (exact) mass is 312 g/mol. The summed E-state index contributed by atoms with van der Waals surface area (Å²) in [4.78, 5) is 0. The Bertz CT molecular complexity index is 560. The minimum absolute atomic E-state index is 1.05. The first kappa shape index (κ1) is 16.2. The van der Waals surface area contributed by atoms with Crippen molar-refractivity contribution in [1.82, 2.24) is 0 Å². The Labute approximate surface area is 132 Å². The van der Waals surface area contributed by atoms with Gasteiger partial charge in [-0.2, -0.15) is 0 Å². The molecule has 2 aromatic carbocycles. The van der Waals surface area contributed by atoms with Crippen molar-refractivity contribution in [3.63, 3.8) is 0 Å². The molecule has 0 bridgehead atoms. The molecule has 0 aliphatic heterocycles. The van der Waals surface area contributed by atoms with Crippen LogP contribution in [0.4, 0.5) is 0 Å². The minimum Gasteiger partial charge on any atom is -0.0656 e. The summed E-state index contributed by atoms with van der Waals surface area (Å²) in [6.45, 7) is 14.5. The Morgan fingerprint density at radius 3 is 1.33 bits per heavy atom. The first-order valence-electron chi connectivity index (χ1n) is 7.85. The molecule has 2 heteroatoms. The Balaban J connectivity index is 2.27. The van der Waals surface area contributed by atoms with Crippen molar-refractivity contribution in [2.75, 3.05) is 0 Å². The SMILES string of the molecule is C[Si](C)(C)c1cccc(Cc2cccc([Si](C)(C)C)c2)c1. The molecule has 112 valence electrons. The Hall–Kier alpha value is -1.13. The Kier molecular flexibility index (Phi) is 4.59. The lowest BCUT2D eigenvalue weighted by Gasteiger charge is -2.19. The molecule has 2 rings (SSSR count). The molecule has 0 saturated heterocycles. The van der Waals surface area contributed by atoms with Crippen molar-refractivity contribution in [2.45, 2.75) is 45.7 Å². The highest BCUT2D eigenvalue weighted by atomic mass is 28.3. The van der Waals surface area contributed by atoms with Crippen LogP contribution in [0.15, 0.2) is 48.5 Å². The third kappa shape index (κ3) is 4.42. The highest BCUT2D eigenvalue weighted by molar-refractivity contribution is 6.89. The fourth-order valence-electron chi connectivity index (χ4n) is 2.53. The van der Waals surface area contributed by atoms with Crippen LogP contribution >= 0.6 is 0 Å². The molecule has 0 saturated carbocycles. The fourth-order valence-corrected chi connectivity index (χ4v) is 4.96. The van der Waals surface area contributed by atoms with E-state index in [0.717, 1.165) is 6.42 Å². The largest absolute Gasteiger partial charge is 0.0776 e. The molecule has 0 aromatic heterocycles. The zero-order valence-corrected chi connectivity index (χ0v) is 16.3. The first-order chi connectivity index (χ1) is 9.66. The van der Waals surface area contributed by atoms with E-state index in [1.807, 2.05) is 0 Å². The number of hydrogen-bond acceptors (Lipinski definition) is 0. The predicted molar refractivity (Wildman–Crippen MR) is 102 cm³/mol. The summed E-state index contributed by atoms with van der Waals surface area (Å²) >= 11 is 0. The summed E-state index contributed by atoms with van der Waals surface area (Å²) in [6, 6.07) is 18.4. The van der Waals surface area contributed by atoms with Crippen molar-refractivity contribution in [3.8, 4) is 0 Å². The molecule has 0 radical (unpaired) electrons. The molecule has 0 heterocycles. The number of benzene rings is 2. The topological polar surface area (TPSA) is 0 Å². The van der Waals surface area contributed by atoms with Gasteiger partial charge in [0.05, 0.1) is 16.1 Å². The van der Waals surface area contributed by atoms with Gasteiger partial charge in [0.15, 0.2) is 0 Å². The zero-order chi connectivity index (χ0) is 15.7. The van der Waals surface area contributed by atoms with Crippen LogP contribution in [-0.2, 0) is 6.42 Å². The van der Waals surface area contributed by atoms with Gasteiger partial charge in [-0.1, -0.05) is 98.2 Å². The molecule has 0 aliphatic rings. The summed E-state index contributed by atoms with van der Waals surface area (Å²) in [6.07, 6.45) is 1.05. The zero-order valence-electron chi connectivity index (χ0n) is 14.3. The molecule has 21 heavy (non-hydrogen) atoms. The van der Waals surface area contributed by atoms with E-state index in [9.17, 15) is 0 Å². The van der Waals surface area contributed by atoms with E-state index < -0.39 is 16.1 Å². The lowest BCUT2D eigenvalue weighted by atomic mass is 10.1. The van der Waals surface area contributed by atoms with Crippen molar-refractivity contribution in [2.24, 2.45) is 0 Å². The number of hydrogen-bond donors (Lipinski definition) is 0. The normalized spacial score (nSPS) is 12.5. The van der Waals surface area contributed by atoms with Gasteiger partial charge in [0.25, 0.3) is 0 Å². The second-order valence-corrected chi connectivity index (χ2v) is 18.2. The quantitative estimate of drug-likeness (QED) is 0.736. The van der Waals surface area contributed by atoms with Crippen LogP contribution in [0.5, 0.6) is 0 Å².